The summed E-state index contributed by atoms with van der Waals surface area (Å²) in [5.41, 5.74) is 0.612. The first kappa shape index (κ1) is 20.4. The summed E-state index contributed by atoms with van der Waals surface area (Å²) < 4.78 is 17.8. The van der Waals surface area contributed by atoms with E-state index >= 15 is 0 Å². The average molecular weight is 426 g/mol. The zero-order valence-corrected chi connectivity index (χ0v) is 17.6. The highest BCUT2D eigenvalue weighted by Gasteiger charge is 2.15. The number of benzene rings is 1. The number of hydrogen-bond donors (Lipinski definition) is 0. The number of nitrogens with zero attached hydrogens (tertiary/aromatic N) is 4. The topological polar surface area (TPSA) is 96.2 Å². The summed E-state index contributed by atoms with van der Waals surface area (Å²) in [6.07, 6.45) is 2.43. The number of rotatable bonds is 9. The van der Waals surface area contributed by atoms with Crippen molar-refractivity contribution in [3.63, 3.8) is 0 Å². The van der Waals surface area contributed by atoms with Crippen LogP contribution in [0.1, 0.15) is 26.1 Å². The molecule has 0 atom stereocenters. The molecule has 30 heavy (non-hydrogen) atoms. The van der Waals surface area contributed by atoms with Gasteiger partial charge in [0.15, 0.2) is 16.7 Å². The molecule has 4 aromatic rings. The third-order valence-electron chi connectivity index (χ3n) is 4.33. The molecule has 4 rings (SSSR count). The van der Waals surface area contributed by atoms with Gasteiger partial charge in [0, 0.05) is 13.2 Å². The molecule has 1 aromatic carbocycles. The van der Waals surface area contributed by atoms with Crippen molar-refractivity contribution in [2.24, 2.45) is 0 Å². The molecule has 156 valence electrons. The van der Waals surface area contributed by atoms with Gasteiger partial charge in [0.25, 0.3) is 11.4 Å². The first-order chi connectivity index (χ1) is 14.6. The fourth-order valence-corrected chi connectivity index (χ4v) is 3.81. The van der Waals surface area contributed by atoms with E-state index in [2.05, 4.69) is 10.1 Å². The van der Waals surface area contributed by atoms with Gasteiger partial charge in [-0.05, 0) is 44.5 Å². The lowest BCUT2D eigenvalue weighted by Crippen LogP contribution is -2.24. The van der Waals surface area contributed by atoms with Crippen LogP contribution >= 0.6 is 11.8 Å². The van der Waals surface area contributed by atoms with Crippen molar-refractivity contribution < 1.29 is 13.7 Å². The van der Waals surface area contributed by atoms with Crippen molar-refractivity contribution >= 4 is 22.7 Å². The molecule has 3 aromatic heterocycles. The molecule has 0 aliphatic heterocycles. The normalized spacial score (nSPS) is 11.6. The van der Waals surface area contributed by atoms with Gasteiger partial charge in [-0.2, -0.15) is 4.98 Å². The Balaban J connectivity index is 1.55. The fraction of sp³-hybridized carbons (Fsp3) is 0.333. The summed E-state index contributed by atoms with van der Waals surface area (Å²) in [5.74, 6) is 1.76. The lowest BCUT2D eigenvalue weighted by molar-refractivity contribution is 0.0743. The fourth-order valence-electron chi connectivity index (χ4n) is 2.94. The third-order valence-corrected chi connectivity index (χ3v) is 5.31. The summed E-state index contributed by atoms with van der Waals surface area (Å²) in [7, 11) is 0. The second-order valence-corrected chi connectivity index (χ2v) is 7.87. The number of ether oxygens (including phenoxy) is 1. The average Bonchev–Trinajstić information content (AvgIpc) is 3.43. The van der Waals surface area contributed by atoms with E-state index in [1.807, 2.05) is 32.0 Å². The van der Waals surface area contributed by atoms with Gasteiger partial charge in [0.1, 0.15) is 0 Å². The van der Waals surface area contributed by atoms with Crippen molar-refractivity contribution in [2.45, 2.75) is 43.8 Å². The molecule has 0 unspecified atom stereocenters. The number of hydrogen-bond acceptors (Lipinski definition) is 8. The van der Waals surface area contributed by atoms with Crippen LogP contribution in [0.15, 0.2) is 61.6 Å². The molecule has 0 saturated heterocycles. The quantitative estimate of drug-likeness (QED) is 0.224. The molecule has 8 nitrogen and oxygen atoms in total. The summed E-state index contributed by atoms with van der Waals surface area (Å²) in [6.45, 7) is 5.09. The molecule has 0 N–H and O–H groups in total. The molecule has 0 saturated carbocycles. The minimum atomic E-state index is -0.0583. The predicted octanol–water partition coefficient (Wildman–Crippen LogP) is 4.15. The van der Waals surface area contributed by atoms with Gasteiger partial charge < -0.3 is 13.7 Å². The molecule has 0 aliphatic rings. The second-order valence-electron chi connectivity index (χ2n) is 6.92. The van der Waals surface area contributed by atoms with Crippen LogP contribution in [0, 0.1) is 0 Å². The highest BCUT2D eigenvalue weighted by Crippen LogP contribution is 2.23. The van der Waals surface area contributed by atoms with E-state index < -0.39 is 0 Å². The smallest absolute Gasteiger partial charge is 0.293 e. The standard InChI is InChI=1S/C21H22N4O4S/c1-14(2)27-12-6-10-25-20(26)15-7-3-4-8-16(15)22-21(25)30-13-18-23-19(29-24-18)17-9-5-11-28-17/h3-5,7-9,11,14H,6,10,12-13H2,1-2H3. The highest BCUT2D eigenvalue weighted by molar-refractivity contribution is 7.98. The van der Waals surface area contributed by atoms with Gasteiger partial charge in [-0.3, -0.25) is 9.36 Å². The molecule has 0 aliphatic carbocycles. The number of thioether (sulfide) groups is 1. The van der Waals surface area contributed by atoms with E-state index in [1.54, 1.807) is 29.0 Å². The van der Waals surface area contributed by atoms with Gasteiger partial charge >= 0.3 is 0 Å². The van der Waals surface area contributed by atoms with Crippen molar-refractivity contribution in [2.75, 3.05) is 6.61 Å². The molecule has 0 amide bonds. The van der Waals surface area contributed by atoms with E-state index in [1.165, 1.54) is 11.8 Å². The molecule has 0 bridgehead atoms. The molecule has 0 spiro atoms. The van der Waals surface area contributed by atoms with Gasteiger partial charge in [-0.15, -0.1) is 0 Å². The van der Waals surface area contributed by atoms with Crippen LogP contribution < -0.4 is 5.56 Å². The first-order valence-electron chi connectivity index (χ1n) is 9.72. The zero-order valence-electron chi connectivity index (χ0n) is 16.8. The minimum absolute atomic E-state index is 0.0583. The molecule has 3 heterocycles. The summed E-state index contributed by atoms with van der Waals surface area (Å²) >= 11 is 1.40. The molecule has 0 radical (unpaired) electrons. The minimum Gasteiger partial charge on any atom is -0.459 e. The van der Waals surface area contributed by atoms with Crippen LogP contribution in [0.4, 0.5) is 0 Å². The predicted molar refractivity (Wildman–Crippen MR) is 113 cm³/mol. The van der Waals surface area contributed by atoms with Gasteiger partial charge in [0.05, 0.1) is 29.0 Å². The van der Waals surface area contributed by atoms with E-state index in [4.69, 9.17) is 18.7 Å². The summed E-state index contributed by atoms with van der Waals surface area (Å²) in [4.78, 5) is 22.1. The molecule has 9 heteroatoms. The maximum atomic E-state index is 13.1. The van der Waals surface area contributed by atoms with Crippen LogP contribution in [-0.2, 0) is 17.0 Å². The highest BCUT2D eigenvalue weighted by atomic mass is 32.2. The Kier molecular flexibility index (Phi) is 6.29. The SMILES string of the molecule is CC(C)OCCCn1c(SCc2noc(-c3ccco3)n2)nc2ccccc2c1=O. The van der Waals surface area contributed by atoms with Crippen molar-refractivity contribution in [3.05, 3.63) is 58.8 Å². The number of para-hydroxylation sites is 1. The van der Waals surface area contributed by atoms with E-state index in [9.17, 15) is 4.79 Å². The van der Waals surface area contributed by atoms with Crippen LogP contribution in [-0.4, -0.2) is 32.4 Å². The Morgan fingerprint density at radius 2 is 2.03 bits per heavy atom. The second kappa shape index (κ2) is 9.27. The van der Waals surface area contributed by atoms with Gasteiger partial charge in [0.2, 0.25) is 0 Å². The Hall–Kier alpha value is -2.91. The Labute approximate surface area is 177 Å². The Bertz CT molecular complexity index is 1170. The maximum Gasteiger partial charge on any atom is 0.293 e. The first-order valence-corrected chi connectivity index (χ1v) is 10.7. The van der Waals surface area contributed by atoms with Crippen LogP contribution in [0.5, 0.6) is 0 Å². The Morgan fingerprint density at radius 3 is 2.83 bits per heavy atom. The number of aromatic nitrogens is 4. The largest absolute Gasteiger partial charge is 0.459 e. The summed E-state index contributed by atoms with van der Waals surface area (Å²) in [5, 5.41) is 5.22. The third kappa shape index (κ3) is 4.63. The maximum absolute atomic E-state index is 13.1. The lowest BCUT2D eigenvalue weighted by atomic mass is 10.2. The summed E-state index contributed by atoms with van der Waals surface area (Å²) in [6, 6.07) is 10.9. The number of fused-ring (bicyclic) bond motifs is 1. The molecular formula is C21H22N4O4S. The lowest BCUT2D eigenvalue weighted by Gasteiger charge is -2.13. The van der Waals surface area contributed by atoms with E-state index in [0.717, 1.165) is 6.42 Å². The van der Waals surface area contributed by atoms with E-state index in [0.29, 0.717) is 52.4 Å². The van der Waals surface area contributed by atoms with Gasteiger partial charge in [-0.1, -0.05) is 29.1 Å². The van der Waals surface area contributed by atoms with Crippen LogP contribution in [0.25, 0.3) is 22.6 Å². The molecular weight excluding hydrogens is 404 g/mol. The van der Waals surface area contributed by atoms with Crippen molar-refractivity contribution in [1.29, 1.82) is 0 Å². The van der Waals surface area contributed by atoms with Crippen LogP contribution in [0.2, 0.25) is 0 Å². The van der Waals surface area contributed by atoms with Crippen LogP contribution in [0.3, 0.4) is 0 Å². The Morgan fingerprint density at radius 1 is 1.17 bits per heavy atom. The zero-order chi connectivity index (χ0) is 20.9. The monoisotopic (exact) mass is 426 g/mol. The molecule has 0 fully saturated rings. The van der Waals surface area contributed by atoms with E-state index in [-0.39, 0.29) is 11.7 Å². The number of furan rings is 1. The van der Waals surface area contributed by atoms with Crippen molar-refractivity contribution in [3.8, 4) is 11.7 Å². The van der Waals surface area contributed by atoms with Crippen molar-refractivity contribution in [1.82, 2.24) is 19.7 Å². The van der Waals surface area contributed by atoms with Gasteiger partial charge in [-0.25, -0.2) is 4.98 Å².